The summed E-state index contributed by atoms with van der Waals surface area (Å²) in [5.74, 6) is -131. The summed E-state index contributed by atoms with van der Waals surface area (Å²) < 4.78 is 397. The minimum atomic E-state index is -9.97. The molecule has 0 radical (unpaired) electrons. The van der Waals surface area contributed by atoms with Crippen molar-refractivity contribution >= 4 is 5.97 Å². The van der Waals surface area contributed by atoms with Gasteiger partial charge in [0, 0.05) is 11.6 Å². The molecule has 0 aliphatic rings. The van der Waals surface area contributed by atoms with Crippen molar-refractivity contribution in [2.75, 3.05) is 0 Å². The zero-order chi connectivity index (χ0) is 42.4. The molecule has 0 aromatic carbocycles. The molecule has 0 aromatic heterocycles. The van der Waals surface area contributed by atoms with Crippen LogP contribution < -0.4 is 0 Å². The Bertz CT molecular complexity index is 1340. The lowest BCUT2D eigenvalue weighted by Gasteiger charge is -2.46. The first kappa shape index (κ1) is 48.2. The number of carboxylic acids is 1. The molecule has 0 rings (SSSR count). The second-order valence-corrected chi connectivity index (χ2v) is 9.89. The number of aliphatic carboxylic acids is 1. The van der Waals surface area contributed by atoms with E-state index in [1.807, 2.05) is 0 Å². The van der Waals surface area contributed by atoms with Gasteiger partial charge in [-0.25, -0.2) is 9.18 Å². The third-order valence-electron chi connectivity index (χ3n) is 6.41. The number of halogens is 29. The number of hydrogen-bond acceptors (Lipinski definition) is 1. The van der Waals surface area contributed by atoms with Gasteiger partial charge in [-0.05, 0) is 13.8 Å². The summed E-state index contributed by atoms with van der Waals surface area (Å²) in [5, 5.41) is 8.25. The van der Waals surface area contributed by atoms with Crippen LogP contribution in [0.5, 0.6) is 0 Å². The minimum Gasteiger partial charge on any atom is -0.478 e. The topological polar surface area (TPSA) is 37.3 Å². The molecule has 2 nitrogen and oxygen atoms in total. The van der Waals surface area contributed by atoms with Crippen LogP contribution in [-0.4, -0.2) is 100 Å². The number of hydrogen-bond donors (Lipinski definition) is 1. The van der Waals surface area contributed by atoms with Crippen molar-refractivity contribution in [1.29, 1.82) is 0 Å². The molecule has 0 bridgehead atoms. The molecule has 1 unspecified atom stereocenters. The molecule has 1 N–H and O–H groups in total. The Morgan fingerprint density at radius 2 is 0.588 bits per heavy atom. The average molecular weight is 832 g/mol. The van der Waals surface area contributed by atoms with Crippen molar-refractivity contribution in [3.63, 3.8) is 0 Å². The predicted molar refractivity (Wildman–Crippen MR) is 101 cm³/mol. The van der Waals surface area contributed by atoms with E-state index < -0.39 is 114 Å². The fourth-order valence-corrected chi connectivity index (χ4v) is 3.06. The van der Waals surface area contributed by atoms with Gasteiger partial charge in [-0.3, -0.25) is 0 Å². The van der Waals surface area contributed by atoms with Crippen molar-refractivity contribution < 1.29 is 137 Å². The van der Waals surface area contributed by atoms with Gasteiger partial charge < -0.3 is 5.11 Å². The standard InChI is InChI=1S/C20H9F29O2/c1-4(6(50)51)3-7(22,23)9(26,27)11(30,31)13(34,35)15(38,39)17(42,43)19(46,47)20(48,49)18(44,45)16(40,41)14(36,37)12(32,33)10(28,29)8(24,25)5(2)21/h3,5H,1-2H3,(H,50,51). The summed E-state index contributed by atoms with van der Waals surface area (Å²) in [6.45, 7) is -1.28. The van der Waals surface area contributed by atoms with E-state index in [9.17, 15) is 132 Å². The first-order valence-electron chi connectivity index (χ1n) is 11.4. The summed E-state index contributed by atoms with van der Waals surface area (Å²) >= 11 is 0. The number of carbonyl (C=O) groups is 1. The smallest absolute Gasteiger partial charge is 0.385 e. The molecule has 31 heteroatoms. The van der Waals surface area contributed by atoms with Crippen LogP contribution in [0.15, 0.2) is 11.6 Å². The van der Waals surface area contributed by atoms with E-state index in [0.29, 0.717) is 0 Å². The van der Waals surface area contributed by atoms with Crippen molar-refractivity contribution in [2.24, 2.45) is 0 Å². The quantitative estimate of drug-likeness (QED) is 0.124. The SMILES string of the molecule is CC(=CC(F)(F)C(F)(F)C(F)(F)C(F)(F)C(F)(F)C(F)(F)C(F)(F)C(F)(F)C(F)(F)C(F)(F)C(F)(F)C(F)(F)C(F)(F)C(F)(F)C(C)F)C(=O)O. The van der Waals surface area contributed by atoms with E-state index in [1.54, 1.807) is 0 Å². The van der Waals surface area contributed by atoms with Gasteiger partial charge in [0.1, 0.15) is 0 Å². The zero-order valence-electron chi connectivity index (χ0n) is 23.0. The number of carboxylic acid groups (broad SMARTS) is 1. The number of rotatable bonds is 16. The van der Waals surface area contributed by atoms with E-state index in [-0.39, 0.29) is 6.92 Å². The molecule has 304 valence electrons. The summed E-state index contributed by atoms with van der Waals surface area (Å²) in [4.78, 5) is 10.4. The summed E-state index contributed by atoms with van der Waals surface area (Å²) in [6.07, 6.45) is -6.98. The monoisotopic (exact) mass is 832 g/mol. The lowest BCUT2D eigenvalue weighted by atomic mass is 9.83. The molecular formula is C20H9F29O2. The molecule has 0 amide bonds. The van der Waals surface area contributed by atoms with Crippen LogP contribution in [0.2, 0.25) is 0 Å². The van der Waals surface area contributed by atoms with Crippen LogP contribution in [-0.2, 0) is 4.79 Å². The van der Waals surface area contributed by atoms with Gasteiger partial charge in [0.25, 0.3) is 0 Å². The summed E-state index contributed by atoms with van der Waals surface area (Å²) in [5.41, 5.74) is -2.33. The third-order valence-corrected chi connectivity index (χ3v) is 6.41. The Balaban J connectivity index is 7.67. The summed E-state index contributed by atoms with van der Waals surface area (Å²) in [7, 11) is 0. The fourth-order valence-electron chi connectivity index (χ4n) is 3.06. The van der Waals surface area contributed by atoms with Gasteiger partial charge in [-0.1, -0.05) is 0 Å². The number of alkyl halides is 29. The van der Waals surface area contributed by atoms with Crippen molar-refractivity contribution in [3.8, 4) is 0 Å². The van der Waals surface area contributed by atoms with Gasteiger partial charge in [-0.2, -0.15) is 123 Å². The lowest BCUT2D eigenvalue weighted by molar-refractivity contribution is -0.484. The highest BCUT2D eigenvalue weighted by atomic mass is 19.4. The van der Waals surface area contributed by atoms with Crippen LogP contribution in [0, 0.1) is 0 Å². The van der Waals surface area contributed by atoms with E-state index in [1.165, 1.54) is 0 Å². The molecule has 1 atom stereocenters. The van der Waals surface area contributed by atoms with Gasteiger partial charge in [0.2, 0.25) is 0 Å². The van der Waals surface area contributed by atoms with Gasteiger partial charge in [0.05, 0.1) is 0 Å². The van der Waals surface area contributed by atoms with Gasteiger partial charge in [0.15, 0.2) is 6.17 Å². The van der Waals surface area contributed by atoms with E-state index >= 15 is 0 Å². The fraction of sp³-hybridized carbons (Fsp3) is 0.850. The Morgan fingerprint density at radius 3 is 0.765 bits per heavy atom. The molecule has 0 aromatic rings. The number of allylic oxidation sites excluding steroid dienone is 1. The minimum absolute atomic E-state index is 0.294. The Labute approximate surface area is 259 Å². The first-order chi connectivity index (χ1) is 21.5. The second kappa shape index (κ2) is 12.1. The van der Waals surface area contributed by atoms with E-state index in [2.05, 4.69) is 0 Å². The average Bonchev–Trinajstić information content (AvgIpc) is 2.90. The highest BCUT2D eigenvalue weighted by Crippen LogP contribution is 2.69. The maximum Gasteiger partial charge on any atom is 0.385 e. The van der Waals surface area contributed by atoms with Crippen molar-refractivity contribution in [3.05, 3.63) is 11.6 Å². The largest absolute Gasteiger partial charge is 0.478 e. The van der Waals surface area contributed by atoms with Crippen LogP contribution in [0.4, 0.5) is 127 Å². The molecule has 0 spiro atoms. The maximum absolute atomic E-state index is 13.9. The molecule has 0 saturated carbocycles. The molecule has 0 aliphatic heterocycles. The normalized spacial score (nSPS) is 17.5. The van der Waals surface area contributed by atoms with Crippen LogP contribution >= 0.6 is 0 Å². The third kappa shape index (κ3) is 5.77. The van der Waals surface area contributed by atoms with Crippen molar-refractivity contribution in [1.82, 2.24) is 0 Å². The van der Waals surface area contributed by atoms with E-state index in [4.69, 9.17) is 5.11 Å². The Morgan fingerprint density at radius 1 is 0.412 bits per heavy atom. The summed E-state index contributed by atoms with van der Waals surface area (Å²) in [6, 6.07) is 0. The van der Waals surface area contributed by atoms with Crippen LogP contribution in [0.1, 0.15) is 13.8 Å². The first-order valence-corrected chi connectivity index (χ1v) is 11.4. The van der Waals surface area contributed by atoms with Crippen LogP contribution in [0.3, 0.4) is 0 Å². The molecule has 51 heavy (non-hydrogen) atoms. The Hall–Kier alpha value is -2.82. The van der Waals surface area contributed by atoms with Crippen molar-refractivity contribution in [2.45, 2.75) is 103 Å². The zero-order valence-corrected chi connectivity index (χ0v) is 23.0. The molecule has 0 saturated heterocycles. The lowest BCUT2D eigenvalue weighted by Crippen LogP contribution is -2.79. The highest BCUT2D eigenvalue weighted by molar-refractivity contribution is 5.86. The molecule has 0 fully saturated rings. The maximum atomic E-state index is 13.9. The molecule has 0 aliphatic carbocycles. The highest BCUT2D eigenvalue weighted by Gasteiger charge is 3.00. The molecular weight excluding hydrogens is 823 g/mol. The second-order valence-electron chi connectivity index (χ2n) is 9.89. The molecule has 0 heterocycles. The predicted octanol–water partition coefficient (Wildman–Crippen LogP) is 10.3. The van der Waals surface area contributed by atoms with Gasteiger partial charge >= 0.3 is 88.9 Å². The van der Waals surface area contributed by atoms with E-state index in [0.717, 1.165) is 0 Å². The van der Waals surface area contributed by atoms with Crippen LogP contribution in [0.25, 0.3) is 0 Å². The van der Waals surface area contributed by atoms with Gasteiger partial charge in [-0.15, -0.1) is 0 Å². The Kier molecular flexibility index (Phi) is 11.4.